The molecule has 1 aromatic heterocycles. The van der Waals surface area contributed by atoms with Gasteiger partial charge in [0.1, 0.15) is 17.2 Å². The molecule has 1 saturated heterocycles. The summed E-state index contributed by atoms with van der Waals surface area (Å²) in [6.07, 6.45) is 4.19. The highest BCUT2D eigenvalue weighted by Gasteiger charge is 2.21. The second-order valence-corrected chi connectivity index (χ2v) is 4.13. The third-order valence-corrected chi connectivity index (χ3v) is 2.97. The lowest BCUT2D eigenvalue weighted by Crippen LogP contribution is -2.22. The van der Waals surface area contributed by atoms with Crippen LogP contribution in [-0.4, -0.2) is 40.5 Å². The van der Waals surface area contributed by atoms with E-state index in [9.17, 15) is 5.11 Å². The molecule has 2 rings (SSSR count). The van der Waals surface area contributed by atoms with E-state index in [-0.39, 0.29) is 6.10 Å². The second kappa shape index (κ2) is 4.14. The normalized spacial score (nSPS) is 21.6. The number of hydrogen-bond acceptors (Lipinski definition) is 5. The quantitative estimate of drug-likeness (QED) is 0.578. The molecule has 2 heterocycles. The maximum atomic E-state index is 9.40. The number of rotatable bonds is 2. The molecule has 0 aromatic carbocycles. The van der Waals surface area contributed by atoms with Gasteiger partial charge in [-0.1, -0.05) is 0 Å². The van der Waals surface area contributed by atoms with Gasteiger partial charge in [0.2, 0.25) is 0 Å². The van der Waals surface area contributed by atoms with Crippen molar-refractivity contribution in [3.05, 3.63) is 12.4 Å². The highest BCUT2D eigenvalue weighted by Crippen LogP contribution is 2.20. The van der Waals surface area contributed by atoms with Crippen LogP contribution in [0.4, 0.5) is 5.82 Å². The van der Waals surface area contributed by atoms with Crippen molar-refractivity contribution in [2.45, 2.75) is 17.6 Å². The maximum Gasteiger partial charge on any atom is 0.133 e. The zero-order valence-electron chi connectivity index (χ0n) is 8.05. The number of thioether (sulfide) groups is 1. The topological polar surface area (TPSA) is 49.2 Å². The molecule has 1 atom stereocenters. The van der Waals surface area contributed by atoms with E-state index < -0.39 is 0 Å². The van der Waals surface area contributed by atoms with Crippen LogP contribution in [0.2, 0.25) is 0 Å². The van der Waals surface area contributed by atoms with E-state index in [1.807, 2.05) is 12.3 Å². The molecule has 1 aromatic rings. The van der Waals surface area contributed by atoms with Gasteiger partial charge in [-0.05, 0) is 12.7 Å². The Morgan fingerprint density at radius 2 is 2.43 bits per heavy atom. The monoisotopic (exact) mass is 211 g/mol. The third kappa shape index (κ3) is 1.99. The molecule has 76 valence electrons. The molecule has 0 bridgehead atoms. The molecule has 4 nitrogen and oxygen atoms in total. The van der Waals surface area contributed by atoms with Crippen molar-refractivity contribution in [3.8, 4) is 0 Å². The van der Waals surface area contributed by atoms with Crippen LogP contribution in [0.25, 0.3) is 0 Å². The standard InChI is InChI=1S/C9H13N3OS/c1-14-9-4-8(10-6-11-9)12-3-2-7(13)5-12/h4,6-7,13H,2-3,5H2,1H3/t7-/m0/s1. The largest absolute Gasteiger partial charge is 0.391 e. The number of anilines is 1. The lowest BCUT2D eigenvalue weighted by atomic mass is 10.3. The summed E-state index contributed by atoms with van der Waals surface area (Å²) in [4.78, 5) is 10.4. The van der Waals surface area contributed by atoms with E-state index in [0.717, 1.165) is 23.8 Å². The average Bonchev–Trinajstić information content (AvgIpc) is 2.65. The van der Waals surface area contributed by atoms with Gasteiger partial charge in [-0.3, -0.25) is 0 Å². The Kier molecular flexibility index (Phi) is 2.88. The first kappa shape index (κ1) is 9.73. The molecule has 0 amide bonds. The first-order chi connectivity index (χ1) is 6.79. The van der Waals surface area contributed by atoms with Gasteiger partial charge < -0.3 is 10.0 Å². The van der Waals surface area contributed by atoms with E-state index in [1.165, 1.54) is 0 Å². The Labute approximate surface area is 87.4 Å². The third-order valence-electron chi connectivity index (χ3n) is 2.32. The molecule has 1 aliphatic rings. The van der Waals surface area contributed by atoms with Crippen LogP contribution in [0.3, 0.4) is 0 Å². The Balaban J connectivity index is 2.15. The van der Waals surface area contributed by atoms with Crippen LogP contribution in [0.15, 0.2) is 17.4 Å². The van der Waals surface area contributed by atoms with E-state index in [1.54, 1.807) is 18.1 Å². The van der Waals surface area contributed by atoms with Gasteiger partial charge in [-0.25, -0.2) is 9.97 Å². The van der Waals surface area contributed by atoms with Crippen LogP contribution in [-0.2, 0) is 0 Å². The minimum atomic E-state index is -0.206. The van der Waals surface area contributed by atoms with Gasteiger partial charge in [0.05, 0.1) is 6.10 Å². The van der Waals surface area contributed by atoms with Crippen molar-refractivity contribution in [1.29, 1.82) is 0 Å². The summed E-state index contributed by atoms with van der Waals surface area (Å²) in [5.74, 6) is 0.918. The van der Waals surface area contributed by atoms with Gasteiger partial charge in [0.25, 0.3) is 0 Å². The van der Waals surface area contributed by atoms with E-state index in [0.29, 0.717) is 6.54 Å². The molecule has 14 heavy (non-hydrogen) atoms. The smallest absolute Gasteiger partial charge is 0.133 e. The fraction of sp³-hybridized carbons (Fsp3) is 0.556. The molecule has 5 heteroatoms. The molecular formula is C9H13N3OS. The summed E-state index contributed by atoms with van der Waals surface area (Å²) in [5.41, 5.74) is 0. The predicted molar refractivity (Wildman–Crippen MR) is 56.6 cm³/mol. The first-order valence-corrected chi connectivity index (χ1v) is 5.81. The lowest BCUT2D eigenvalue weighted by molar-refractivity contribution is 0.198. The number of β-amino-alcohol motifs (C(OH)–C–C–N with tert-alkyl or cyclic N) is 1. The predicted octanol–water partition coefficient (Wildman–Crippen LogP) is 0.770. The zero-order chi connectivity index (χ0) is 9.97. The molecule has 0 saturated carbocycles. The van der Waals surface area contributed by atoms with Crippen LogP contribution in [0.5, 0.6) is 0 Å². The fourth-order valence-electron chi connectivity index (χ4n) is 1.56. The summed E-state index contributed by atoms with van der Waals surface area (Å²) in [6, 6.07) is 1.96. The minimum absolute atomic E-state index is 0.206. The molecular weight excluding hydrogens is 198 g/mol. The second-order valence-electron chi connectivity index (χ2n) is 3.31. The van der Waals surface area contributed by atoms with Crippen molar-refractivity contribution < 1.29 is 5.11 Å². The first-order valence-electron chi connectivity index (χ1n) is 4.58. The fourth-order valence-corrected chi connectivity index (χ4v) is 1.94. The highest BCUT2D eigenvalue weighted by atomic mass is 32.2. The van der Waals surface area contributed by atoms with Crippen molar-refractivity contribution in [2.75, 3.05) is 24.2 Å². The van der Waals surface area contributed by atoms with Gasteiger partial charge >= 0.3 is 0 Å². The van der Waals surface area contributed by atoms with Crippen molar-refractivity contribution in [1.82, 2.24) is 9.97 Å². The molecule has 0 unspecified atom stereocenters. The van der Waals surface area contributed by atoms with Gasteiger partial charge in [0.15, 0.2) is 0 Å². The van der Waals surface area contributed by atoms with E-state index in [2.05, 4.69) is 14.9 Å². The van der Waals surface area contributed by atoms with Crippen LogP contribution >= 0.6 is 11.8 Å². The maximum absolute atomic E-state index is 9.40. The number of aliphatic hydroxyl groups excluding tert-OH is 1. The number of aromatic nitrogens is 2. The van der Waals surface area contributed by atoms with Gasteiger partial charge in [-0.2, -0.15) is 0 Å². The van der Waals surface area contributed by atoms with Crippen LogP contribution < -0.4 is 4.90 Å². The molecule has 0 aliphatic carbocycles. The Hall–Kier alpha value is -0.810. The molecule has 0 radical (unpaired) electrons. The van der Waals surface area contributed by atoms with Crippen LogP contribution in [0.1, 0.15) is 6.42 Å². The Morgan fingerprint density at radius 1 is 1.57 bits per heavy atom. The molecule has 1 aliphatic heterocycles. The molecule has 1 N–H and O–H groups in total. The van der Waals surface area contributed by atoms with Gasteiger partial charge in [0, 0.05) is 19.2 Å². The van der Waals surface area contributed by atoms with Crippen LogP contribution in [0, 0.1) is 0 Å². The number of aliphatic hydroxyl groups is 1. The average molecular weight is 211 g/mol. The summed E-state index contributed by atoms with van der Waals surface area (Å²) >= 11 is 1.60. The minimum Gasteiger partial charge on any atom is -0.391 e. The van der Waals surface area contributed by atoms with Crippen molar-refractivity contribution in [2.24, 2.45) is 0 Å². The number of hydrogen-bond donors (Lipinski definition) is 1. The summed E-state index contributed by atoms with van der Waals surface area (Å²) in [6.45, 7) is 1.57. The lowest BCUT2D eigenvalue weighted by Gasteiger charge is -2.16. The zero-order valence-corrected chi connectivity index (χ0v) is 8.87. The van der Waals surface area contributed by atoms with Crippen molar-refractivity contribution in [3.63, 3.8) is 0 Å². The van der Waals surface area contributed by atoms with E-state index in [4.69, 9.17) is 0 Å². The number of nitrogens with zero attached hydrogens (tertiary/aromatic N) is 3. The molecule has 0 spiro atoms. The molecule has 1 fully saturated rings. The SMILES string of the molecule is CSc1cc(N2CC[C@H](O)C2)ncn1. The van der Waals surface area contributed by atoms with Crippen molar-refractivity contribution >= 4 is 17.6 Å². The Bertz CT molecular complexity index is 321. The highest BCUT2D eigenvalue weighted by molar-refractivity contribution is 7.98. The summed E-state index contributed by atoms with van der Waals surface area (Å²) < 4.78 is 0. The Morgan fingerprint density at radius 3 is 3.07 bits per heavy atom. The van der Waals surface area contributed by atoms with E-state index >= 15 is 0 Å². The summed E-state index contributed by atoms with van der Waals surface area (Å²) in [5, 5.41) is 10.4. The van der Waals surface area contributed by atoms with Gasteiger partial charge in [-0.15, -0.1) is 11.8 Å². The summed E-state index contributed by atoms with van der Waals surface area (Å²) in [7, 11) is 0.